The summed E-state index contributed by atoms with van der Waals surface area (Å²) in [5.41, 5.74) is 3.79. The normalized spacial score (nSPS) is 10.9. The Hall–Kier alpha value is -2.74. The molecule has 7 nitrogen and oxygen atoms in total. The van der Waals surface area contributed by atoms with E-state index in [0.717, 1.165) is 0 Å². The van der Waals surface area contributed by atoms with Gasteiger partial charge in [0, 0.05) is 17.8 Å². The van der Waals surface area contributed by atoms with Gasteiger partial charge in [0.2, 0.25) is 0 Å². The molecule has 0 aromatic heterocycles. The second-order valence-corrected chi connectivity index (χ2v) is 4.89. The van der Waals surface area contributed by atoms with Crippen LogP contribution in [-0.4, -0.2) is 15.5 Å². The van der Waals surface area contributed by atoms with E-state index < -0.39 is 10.8 Å². The monoisotopic (exact) mass is 362 g/mol. The van der Waals surface area contributed by atoms with Gasteiger partial charge in [0.15, 0.2) is 4.62 Å². The lowest BCUT2D eigenvalue weighted by molar-refractivity contribution is -0.384. The van der Waals surface area contributed by atoms with Gasteiger partial charge in [-0.2, -0.15) is 5.10 Å². The smallest absolute Gasteiger partial charge is 0.283 e. The molecule has 2 aromatic carbocycles. The minimum Gasteiger partial charge on any atom is -0.320 e. The Morgan fingerprint density at radius 3 is 2.27 bits per heavy atom. The van der Waals surface area contributed by atoms with Crippen LogP contribution in [0.5, 0.6) is 0 Å². The number of rotatable bonds is 5. The minimum absolute atomic E-state index is 0.0181. The number of hydrogen-bond donors (Lipinski definition) is 2. The number of para-hydroxylation sites is 1. The number of amides is 1. The Labute approximate surface area is 134 Å². The van der Waals surface area contributed by atoms with E-state index >= 15 is 0 Å². The number of halogens is 1. The molecule has 0 atom stereocenters. The van der Waals surface area contributed by atoms with Crippen molar-refractivity contribution < 1.29 is 9.72 Å². The Morgan fingerprint density at radius 1 is 1.05 bits per heavy atom. The van der Waals surface area contributed by atoms with Crippen LogP contribution in [0.3, 0.4) is 0 Å². The number of hydrazone groups is 1. The van der Waals surface area contributed by atoms with Crippen LogP contribution in [0.15, 0.2) is 59.7 Å². The van der Waals surface area contributed by atoms with Crippen molar-refractivity contribution in [2.24, 2.45) is 5.10 Å². The van der Waals surface area contributed by atoms with E-state index in [-0.39, 0.29) is 10.3 Å². The lowest BCUT2D eigenvalue weighted by Crippen LogP contribution is -2.19. The highest BCUT2D eigenvalue weighted by molar-refractivity contribution is 9.19. The molecule has 0 aliphatic rings. The maximum Gasteiger partial charge on any atom is 0.283 e. The maximum absolute atomic E-state index is 11.9. The second-order valence-electron chi connectivity index (χ2n) is 4.14. The molecular formula is C14H11BrN4O3. The molecule has 1 amide bonds. The standard InChI is InChI=1S/C14H11BrN4O3/c15-13(14(20)16-10-4-2-1-3-5-10)18-17-11-6-8-12(9-7-11)19(21)22/h1-9,17H,(H,16,20)/b18-13-. The number of carbonyl (C=O) groups excluding carboxylic acids is 1. The summed E-state index contributed by atoms with van der Waals surface area (Å²) in [5.74, 6) is -0.416. The Kier molecular flexibility index (Phi) is 5.21. The third-order valence-corrected chi connectivity index (χ3v) is 3.12. The van der Waals surface area contributed by atoms with Gasteiger partial charge in [-0.1, -0.05) is 18.2 Å². The molecule has 0 unspecified atom stereocenters. The molecule has 0 spiro atoms. The van der Waals surface area contributed by atoms with Crippen LogP contribution < -0.4 is 10.7 Å². The van der Waals surface area contributed by atoms with Crippen LogP contribution in [0.25, 0.3) is 0 Å². The van der Waals surface area contributed by atoms with E-state index in [2.05, 4.69) is 31.8 Å². The molecule has 8 heteroatoms. The van der Waals surface area contributed by atoms with Gasteiger partial charge in [-0.25, -0.2) is 0 Å². The highest BCUT2D eigenvalue weighted by atomic mass is 79.9. The predicted molar refractivity (Wildman–Crippen MR) is 88.2 cm³/mol. The fourth-order valence-electron chi connectivity index (χ4n) is 1.53. The molecule has 0 heterocycles. The van der Waals surface area contributed by atoms with Gasteiger partial charge >= 0.3 is 0 Å². The zero-order chi connectivity index (χ0) is 15.9. The third-order valence-electron chi connectivity index (χ3n) is 2.58. The number of nitrogens with one attached hydrogen (secondary N) is 2. The van der Waals surface area contributed by atoms with Gasteiger partial charge in [-0.3, -0.25) is 20.3 Å². The number of hydrogen-bond acceptors (Lipinski definition) is 5. The van der Waals surface area contributed by atoms with Crippen molar-refractivity contribution in [1.29, 1.82) is 0 Å². The number of nitro benzene ring substituents is 1. The first-order valence-corrected chi connectivity index (χ1v) is 6.95. The fourth-order valence-corrected chi connectivity index (χ4v) is 1.71. The van der Waals surface area contributed by atoms with E-state index in [0.29, 0.717) is 11.4 Å². The predicted octanol–water partition coefficient (Wildman–Crippen LogP) is 3.35. The van der Waals surface area contributed by atoms with Crippen LogP contribution in [0.4, 0.5) is 17.1 Å². The van der Waals surface area contributed by atoms with Gasteiger partial charge in [0.25, 0.3) is 11.6 Å². The van der Waals surface area contributed by atoms with Crippen molar-refractivity contribution in [3.8, 4) is 0 Å². The van der Waals surface area contributed by atoms with Crippen LogP contribution in [-0.2, 0) is 4.79 Å². The van der Waals surface area contributed by atoms with Gasteiger partial charge in [-0.05, 0) is 40.2 Å². The van der Waals surface area contributed by atoms with Gasteiger partial charge < -0.3 is 5.32 Å². The Balaban J connectivity index is 1.97. The number of anilines is 2. The minimum atomic E-state index is -0.490. The number of benzene rings is 2. The first-order chi connectivity index (χ1) is 10.6. The van der Waals surface area contributed by atoms with Crippen molar-refractivity contribution in [3.05, 3.63) is 64.7 Å². The molecule has 0 bridgehead atoms. The zero-order valence-corrected chi connectivity index (χ0v) is 12.8. The summed E-state index contributed by atoms with van der Waals surface area (Å²) < 4.78 is 0.0507. The molecule has 0 fully saturated rings. The summed E-state index contributed by atoms with van der Waals surface area (Å²) in [6.45, 7) is 0. The summed E-state index contributed by atoms with van der Waals surface area (Å²) >= 11 is 3.06. The molecular weight excluding hydrogens is 352 g/mol. The molecule has 2 rings (SSSR count). The van der Waals surface area contributed by atoms with Crippen molar-refractivity contribution in [2.45, 2.75) is 0 Å². The molecule has 2 N–H and O–H groups in total. The maximum atomic E-state index is 11.9. The van der Waals surface area contributed by atoms with Crippen LogP contribution in [0.1, 0.15) is 0 Å². The van der Waals surface area contributed by atoms with E-state index in [1.165, 1.54) is 24.3 Å². The SMILES string of the molecule is O=C(Nc1ccccc1)/C(Br)=N/Nc1ccc([N+](=O)[O-])cc1. The topological polar surface area (TPSA) is 96.6 Å². The average molecular weight is 363 g/mol. The highest BCUT2D eigenvalue weighted by Gasteiger charge is 2.08. The molecule has 0 aliphatic heterocycles. The summed E-state index contributed by atoms with van der Waals surface area (Å²) in [5, 5.41) is 17.1. The molecule has 22 heavy (non-hydrogen) atoms. The molecule has 0 aliphatic carbocycles. The molecule has 0 radical (unpaired) electrons. The fraction of sp³-hybridized carbons (Fsp3) is 0. The first kappa shape index (κ1) is 15.6. The van der Waals surface area contributed by atoms with Crippen molar-refractivity contribution in [1.82, 2.24) is 0 Å². The van der Waals surface area contributed by atoms with Gasteiger partial charge in [0.1, 0.15) is 0 Å². The quantitative estimate of drug-likeness (QED) is 0.484. The first-order valence-electron chi connectivity index (χ1n) is 6.16. The highest BCUT2D eigenvalue weighted by Crippen LogP contribution is 2.15. The van der Waals surface area contributed by atoms with Gasteiger partial charge in [-0.15, -0.1) is 0 Å². The van der Waals surface area contributed by atoms with Crippen LogP contribution >= 0.6 is 15.9 Å². The summed E-state index contributed by atoms with van der Waals surface area (Å²) in [4.78, 5) is 21.9. The van der Waals surface area contributed by atoms with E-state index in [1.54, 1.807) is 24.3 Å². The molecule has 112 valence electrons. The summed E-state index contributed by atoms with van der Waals surface area (Å²) in [6.07, 6.45) is 0. The van der Waals surface area contributed by atoms with E-state index in [4.69, 9.17) is 0 Å². The summed E-state index contributed by atoms with van der Waals surface area (Å²) in [7, 11) is 0. The van der Waals surface area contributed by atoms with Crippen LogP contribution in [0.2, 0.25) is 0 Å². The van der Waals surface area contributed by atoms with Crippen molar-refractivity contribution in [3.63, 3.8) is 0 Å². The molecule has 0 saturated carbocycles. The van der Waals surface area contributed by atoms with Crippen LogP contribution in [0, 0.1) is 10.1 Å². The molecule has 2 aromatic rings. The lowest BCUT2D eigenvalue weighted by Gasteiger charge is -2.04. The number of nitro groups is 1. The number of carbonyl (C=O) groups is 1. The molecule has 0 saturated heterocycles. The third kappa shape index (κ3) is 4.38. The van der Waals surface area contributed by atoms with Gasteiger partial charge in [0.05, 0.1) is 10.6 Å². The lowest BCUT2D eigenvalue weighted by atomic mass is 10.3. The van der Waals surface area contributed by atoms with E-state index in [1.807, 2.05) is 6.07 Å². The number of non-ortho nitro benzene ring substituents is 1. The number of nitrogens with zero attached hydrogens (tertiary/aromatic N) is 2. The largest absolute Gasteiger partial charge is 0.320 e. The van der Waals surface area contributed by atoms with Crippen molar-refractivity contribution >= 4 is 43.5 Å². The van der Waals surface area contributed by atoms with Crippen molar-refractivity contribution in [2.75, 3.05) is 10.7 Å². The average Bonchev–Trinajstić information content (AvgIpc) is 2.53. The Morgan fingerprint density at radius 2 is 1.68 bits per heavy atom. The second kappa shape index (κ2) is 7.32. The zero-order valence-electron chi connectivity index (χ0n) is 11.2. The van der Waals surface area contributed by atoms with E-state index in [9.17, 15) is 14.9 Å². The Bertz CT molecular complexity index is 702. The summed E-state index contributed by atoms with van der Waals surface area (Å²) in [6, 6.07) is 14.6.